The zero-order valence-electron chi connectivity index (χ0n) is 9.30. The number of hydrogen-bond acceptors (Lipinski definition) is 4. The molecule has 1 aromatic carbocycles. The van der Waals surface area contributed by atoms with Crippen molar-refractivity contribution in [1.29, 1.82) is 0 Å². The van der Waals surface area contributed by atoms with E-state index < -0.39 is 0 Å². The normalized spacial score (nSPS) is 10.5. The van der Waals surface area contributed by atoms with Crippen LogP contribution in [0.2, 0.25) is 5.02 Å². The van der Waals surface area contributed by atoms with Gasteiger partial charge in [-0.1, -0.05) is 23.7 Å². The van der Waals surface area contributed by atoms with Gasteiger partial charge in [-0.3, -0.25) is 4.79 Å². The van der Waals surface area contributed by atoms with E-state index in [9.17, 15) is 4.79 Å². The van der Waals surface area contributed by atoms with E-state index in [0.717, 1.165) is 5.56 Å². The molecule has 0 unspecified atom stereocenters. The molecule has 17 heavy (non-hydrogen) atoms. The number of rotatable bonds is 4. The molecular weight excluding hydrogens is 240 g/mol. The molecule has 88 valence electrons. The van der Waals surface area contributed by atoms with Gasteiger partial charge in [-0.25, -0.2) is 0 Å². The number of ketones is 1. The zero-order valence-corrected chi connectivity index (χ0v) is 10.1. The van der Waals surface area contributed by atoms with Crippen LogP contribution in [0.4, 0.5) is 0 Å². The highest BCUT2D eigenvalue weighted by Crippen LogP contribution is 2.10. The predicted octanol–water partition coefficient (Wildman–Crippen LogP) is 1.22. The Hall–Kier alpha value is -1.75. The maximum atomic E-state index is 11.7. The summed E-state index contributed by atoms with van der Waals surface area (Å²) in [6.45, 7) is 0. The summed E-state index contributed by atoms with van der Waals surface area (Å²) < 4.78 is 0. The van der Waals surface area contributed by atoms with E-state index in [1.165, 1.54) is 4.80 Å². The largest absolute Gasteiger partial charge is 0.299 e. The summed E-state index contributed by atoms with van der Waals surface area (Å²) in [5, 5.41) is 12.1. The third-order valence-electron chi connectivity index (χ3n) is 2.22. The van der Waals surface area contributed by atoms with Gasteiger partial charge in [0.1, 0.15) is 5.78 Å². The van der Waals surface area contributed by atoms with E-state index in [4.69, 9.17) is 11.6 Å². The molecule has 2 rings (SSSR count). The monoisotopic (exact) mass is 250 g/mol. The molecule has 0 atom stereocenters. The molecule has 0 radical (unpaired) electrons. The van der Waals surface area contributed by atoms with E-state index >= 15 is 0 Å². The Morgan fingerprint density at radius 1 is 1.29 bits per heavy atom. The molecule has 0 amide bonds. The Bertz CT molecular complexity index is 521. The van der Waals surface area contributed by atoms with Crippen LogP contribution in [-0.4, -0.2) is 26.0 Å². The summed E-state index contributed by atoms with van der Waals surface area (Å²) in [4.78, 5) is 13.1. The number of nitrogens with zero attached hydrogens (tertiary/aromatic N) is 4. The first-order valence-corrected chi connectivity index (χ1v) is 5.50. The molecule has 6 heteroatoms. The fourth-order valence-electron chi connectivity index (χ4n) is 1.46. The molecule has 0 aliphatic rings. The molecule has 1 aromatic heterocycles. The lowest BCUT2D eigenvalue weighted by atomic mass is 10.1. The first-order chi connectivity index (χ1) is 8.13. The molecule has 5 nitrogen and oxygen atoms in total. The van der Waals surface area contributed by atoms with Gasteiger partial charge < -0.3 is 0 Å². The van der Waals surface area contributed by atoms with Gasteiger partial charge in [0.2, 0.25) is 0 Å². The first-order valence-electron chi connectivity index (χ1n) is 5.12. The SMILES string of the molecule is Cn1nnc(CC(=O)Cc2ccc(Cl)cc2)n1. The van der Waals surface area contributed by atoms with Crippen LogP contribution in [0.3, 0.4) is 0 Å². The summed E-state index contributed by atoms with van der Waals surface area (Å²) in [6.07, 6.45) is 0.561. The summed E-state index contributed by atoms with van der Waals surface area (Å²) >= 11 is 5.76. The van der Waals surface area contributed by atoms with E-state index in [1.807, 2.05) is 12.1 Å². The maximum Gasteiger partial charge on any atom is 0.182 e. The third kappa shape index (κ3) is 3.35. The van der Waals surface area contributed by atoms with Crippen LogP contribution in [0.1, 0.15) is 11.4 Å². The third-order valence-corrected chi connectivity index (χ3v) is 2.47. The molecule has 0 bridgehead atoms. The summed E-state index contributed by atoms with van der Waals surface area (Å²) in [5.41, 5.74) is 0.934. The average Bonchev–Trinajstić information content (AvgIpc) is 2.67. The van der Waals surface area contributed by atoms with Crippen molar-refractivity contribution < 1.29 is 4.79 Å². The van der Waals surface area contributed by atoms with Gasteiger partial charge in [0.25, 0.3) is 0 Å². The van der Waals surface area contributed by atoms with Crippen LogP contribution in [0.25, 0.3) is 0 Å². The average molecular weight is 251 g/mol. The molecule has 1 heterocycles. The minimum absolute atomic E-state index is 0.0559. The minimum atomic E-state index is 0.0559. The highest BCUT2D eigenvalue weighted by molar-refractivity contribution is 6.30. The molecule has 0 aliphatic carbocycles. The van der Waals surface area contributed by atoms with Gasteiger partial charge in [0.05, 0.1) is 13.5 Å². The van der Waals surface area contributed by atoms with Crippen LogP contribution >= 0.6 is 11.6 Å². The van der Waals surface area contributed by atoms with Crippen LogP contribution < -0.4 is 0 Å². The number of tetrazole rings is 1. The highest BCUT2D eigenvalue weighted by atomic mass is 35.5. The number of carbonyl (C=O) groups is 1. The van der Waals surface area contributed by atoms with Crippen molar-refractivity contribution in [3.05, 3.63) is 40.7 Å². The van der Waals surface area contributed by atoms with Crippen LogP contribution in [0, 0.1) is 0 Å². The molecule has 2 aromatic rings. The molecule has 0 N–H and O–H groups in total. The second-order valence-corrected chi connectivity index (χ2v) is 4.15. The van der Waals surface area contributed by atoms with Gasteiger partial charge in [-0.2, -0.15) is 4.80 Å². The molecule has 0 fully saturated rings. The molecule has 0 spiro atoms. The Balaban J connectivity index is 1.95. The van der Waals surface area contributed by atoms with Crippen molar-refractivity contribution in [2.75, 3.05) is 0 Å². The summed E-state index contributed by atoms with van der Waals surface area (Å²) in [5.74, 6) is 0.506. The number of benzene rings is 1. The molecule has 0 saturated carbocycles. The Kier molecular flexibility index (Phi) is 3.49. The van der Waals surface area contributed by atoms with Gasteiger partial charge in [0.15, 0.2) is 5.82 Å². The number of halogens is 1. The van der Waals surface area contributed by atoms with Crippen molar-refractivity contribution in [2.24, 2.45) is 7.05 Å². The number of aryl methyl sites for hydroxylation is 1. The lowest BCUT2D eigenvalue weighted by Gasteiger charge is -1.99. The van der Waals surface area contributed by atoms with Crippen molar-refractivity contribution in [3.63, 3.8) is 0 Å². The summed E-state index contributed by atoms with van der Waals surface area (Å²) in [6, 6.07) is 7.21. The number of Topliss-reactive ketones (excluding diaryl/α,β-unsaturated/α-hetero) is 1. The zero-order chi connectivity index (χ0) is 12.3. The second-order valence-electron chi connectivity index (χ2n) is 3.71. The second kappa shape index (κ2) is 5.05. The minimum Gasteiger partial charge on any atom is -0.299 e. The van der Waals surface area contributed by atoms with E-state index in [0.29, 0.717) is 17.3 Å². The van der Waals surface area contributed by atoms with Crippen molar-refractivity contribution in [3.8, 4) is 0 Å². The fourth-order valence-corrected chi connectivity index (χ4v) is 1.59. The lowest BCUT2D eigenvalue weighted by molar-refractivity contribution is -0.117. The summed E-state index contributed by atoms with van der Waals surface area (Å²) in [7, 11) is 1.67. The topological polar surface area (TPSA) is 60.7 Å². The van der Waals surface area contributed by atoms with Crippen molar-refractivity contribution >= 4 is 17.4 Å². The smallest absolute Gasteiger partial charge is 0.182 e. The number of hydrogen-bond donors (Lipinski definition) is 0. The molecule has 0 aliphatic heterocycles. The standard InChI is InChI=1S/C11H11ClN4O/c1-16-14-11(13-15-16)7-10(17)6-8-2-4-9(12)5-3-8/h2-5H,6-7H2,1H3. The maximum absolute atomic E-state index is 11.7. The van der Waals surface area contributed by atoms with Gasteiger partial charge in [-0.05, 0) is 22.9 Å². The van der Waals surface area contributed by atoms with Gasteiger partial charge >= 0.3 is 0 Å². The quantitative estimate of drug-likeness (QED) is 0.819. The van der Waals surface area contributed by atoms with Crippen LogP contribution in [0.15, 0.2) is 24.3 Å². The van der Waals surface area contributed by atoms with Gasteiger partial charge in [-0.15, -0.1) is 10.2 Å². The van der Waals surface area contributed by atoms with E-state index in [1.54, 1.807) is 19.2 Å². The van der Waals surface area contributed by atoms with E-state index in [2.05, 4.69) is 15.4 Å². The van der Waals surface area contributed by atoms with Gasteiger partial charge in [0, 0.05) is 11.4 Å². The van der Waals surface area contributed by atoms with Crippen LogP contribution in [-0.2, 0) is 24.7 Å². The fraction of sp³-hybridized carbons (Fsp3) is 0.273. The Morgan fingerprint density at radius 2 is 2.00 bits per heavy atom. The number of carbonyl (C=O) groups excluding carboxylic acids is 1. The first kappa shape index (κ1) is 11.7. The van der Waals surface area contributed by atoms with Crippen molar-refractivity contribution in [1.82, 2.24) is 20.2 Å². The van der Waals surface area contributed by atoms with Crippen LogP contribution in [0.5, 0.6) is 0 Å². The van der Waals surface area contributed by atoms with E-state index in [-0.39, 0.29) is 12.2 Å². The highest BCUT2D eigenvalue weighted by Gasteiger charge is 2.09. The Labute approximate surface area is 103 Å². The van der Waals surface area contributed by atoms with Crippen molar-refractivity contribution in [2.45, 2.75) is 12.8 Å². The molecular formula is C11H11ClN4O. The Morgan fingerprint density at radius 3 is 2.59 bits per heavy atom. The number of aromatic nitrogens is 4. The predicted molar refractivity (Wildman–Crippen MR) is 62.7 cm³/mol. The lowest BCUT2D eigenvalue weighted by Crippen LogP contribution is -2.08. The molecule has 0 saturated heterocycles.